The number of aromatic amines is 2. The van der Waals surface area contributed by atoms with E-state index >= 15 is 0 Å². The van der Waals surface area contributed by atoms with Crippen molar-refractivity contribution < 1.29 is 0 Å². The minimum absolute atomic E-state index is 0.212. The molecule has 0 unspecified atom stereocenters. The molecule has 0 saturated carbocycles. The number of thiazole rings is 1. The lowest BCUT2D eigenvalue weighted by atomic mass is 10.1. The molecule has 29 heavy (non-hydrogen) atoms. The molecule has 144 valence electrons. The normalized spacial score (nSPS) is 11.3. The Morgan fingerprint density at radius 1 is 1.17 bits per heavy atom. The lowest BCUT2D eigenvalue weighted by Crippen LogP contribution is -2.11. The Balaban J connectivity index is 1.44. The van der Waals surface area contributed by atoms with Crippen molar-refractivity contribution >= 4 is 38.4 Å². The van der Waals surface area contributed by atoms with Gasteiger partial charge in [0, 0.05) is 29.8 Å². The third-order valence-electron chi connectivity index (χ3n) is 4.87. The van der Waals surface area contributed by atoms with Crippen molar-refractivity contribution in [2.24, 2.45) is 0 Å². The highest BCUT2D eigenvalue weighted by molar-refractivity contribution is 7.16. The van der Waals surface area contributed by atoms with Gasteiger partial charge in [0.05, 0.1) is 11.1 Å². The molecular formula is C21H18N6OS. The molecule has 0 saturated heterocycles. The van der Waals surface area contributed by atoms with Crippen molar-refractivity contribution in [3.05, 3.63) is 69.7 Å². The summed E-state index contributed by atoms with van der Waals surface area (Å²) in [5.74, 6) is 1.04. The van der Waals surface area contributed by atoms with E-state index in [9.17, 15) is 4.79 Å². The van der Waals surface area contributed by atoms with Crippen molar-refractivity contribution in [3.63, 3.8) is 0 Å². The molecule has 0 radical (unpaired) electrons. The summed E-state index contributed by atoms with van der Waals surface area (Å²) in [5.41, 5.74) is 6.32. The van der Waals surface area contributed by atoms with Gasteiger partial charge in [0.1, 0.15) is 10.3 Å². The molecule has 4 aromatic heterocycles. The predicted octanol–water partition coefficient (Wildman–Crippen LogP) is 3.89. The number of fused-ring (bicyclic) bond motifs is 2. The van der Waals surface area contributed by atoms with Gasteiger partial charge in [-0.05, 0) is 43.2 Å². The number of pyridine rings is 1. The summed E-state index contributed by atoms with van der Waals surface area (Å²) >= 11 is 1.43. The molecular weight excluding hydrogens is 384 g/mol. The summed E-state index contributed by atoms with van der Waals surface area (Å²) in [5, 5.41) is 4.63. The summed E-state index contributed by atoms with van der Waals surface area (Å²) in [6, 6.07) is 9.90. The Morgan fingerprint density at radius 3 is 3.00 bits per heavy atom. The summed E-state index contributed by atoms with van der Waals surface area (Å²) in [6.07, 6.45) is 4.48. The molecule has 0 atom stereocenters. The fourth-order valence-electron chi connectivity index (χ4n) is 3.42. The molecule has 0 fully saturated rings. The number of nitrogens with zero attached hydrogens (tertiary/aromatic N) is 3. The van der Waals surface area contributed by atoms with E-state index in [1.165, 1.54) is 27.8 Å². The van der Waals surface area contributed by atoms with Gasteiger partial charge in [-0.2, -0.15) is 0 Å². The van der Waals surface area contributed by atoms with Crippen LogP contribution in [0.2, 0.25) is 0 Å². The van der Waals surface area contributed by atoms with Crippen molar-refractivity contribution in [2.45, 2.75) is 13.3 Å². The van der Waals surface area contributed by atoms with Crippen molar-refractivity contribution in [1.29, 1.82) is 0 Å². The molecule has 3 N–H and O–H groups in total. The summed E-state index contributed by atoms with van der Waals surface area (Å²) in [7, 11) is 0. The zero-order valence-electron chi connectivity index (χ0n) is 15.7. The second-order valence-electron chi connectivity index (χ2n) is 6.85. The van der Waals surface area contributed by atoms with Crippen LogP contribution in [0.3, 0.4) is 0 Å². The highest BCUT2D eigenvalue weighted by Crippen LogP contribution is 2.26. The number of hydrogen-bond acceptors (Lipinski definition) is 6. The molecule has 5 rings (SSSR count). The van der Waals surface area contributed by atoms with Crippen LogP contribution in [0.1, 0.15) is 11.1 Å². The van der Waals surface area contributed by atoms with Crippen LogP contribution >= 0.6 is 11.3 Å². The van der Waals surface area contributed by atoms with Gasteiger partial charge in [-0.1, -0.05) is 11.6 Å². The average molecular weight is 402 g/mol. The van der Waals surface area contributed by atoms with Crippen molar-refractivity contribution in [3.8, 4) is 11.4 Å². The highest BCUT2D eigenvalue weighted by Gasteiger charge is 2.14. The van der Waals surface area contributed by atoms with Gasteiger partial charge in [0.25, 0.3) is 5.56 Å². The quantitative estimate of drug-likeness (QED) is 0.414. The molecule has 8 heteroatoms. The number of aromatic nitrogens is 5. The molecule has 0 aliphatic heterocycles. The molecule has 0 spiro atoms. The fraction of sp³-hybridized carbons (Fsp3) is 0.143. The maximum absolute atomic E-state index is 12.2. The number of nitrogens with one attached hydrogen (secondary N) is 3. The SMILES string of the molecule is Cc1ccc2[nH]cc(CCNc3nc(-c4ccc[nH]c4=O)nc4scnc34)c2c1. The smallest absolute Gasteiger partial charge is 0.259 e. The molecule has 0 aliphatic carbocycles. The van der Waals surface area contributed by atoms with Crippen LogP contribution in [-0.2, 0) is 6.42 Å². The van der Waals surface area contributed by atoms with Gasteiger partial charge in [-0.25, -0.2) is 15.0 Å². The molecule has 0 amide bonds. The molecule has 0 bridgehead atoms. The van der Waals surface area contributed by atoms with E-state index in [0.29, 0.717) is 23.8 Å². The molecule has 0 aliphatic rings. The first-order chi connectivity index (χ1) is 14.2. The zero-order chi connectivity index (χ0) is 19.8. The van der Waals surface area contributed by atoms with Gasteiger partial charge >= 0.3 is 0 Å². The minimum atomic E-state index is -0.212. The Hall–Kier alpha value is -3.52. The first-order valence-electron chi connectivity index (χ1n) is 9.29. The van der Waals surface area contributed by atoms with Gasteiger partial charge < -0.3 is 15.3 Å². The number of rotatable bonds is 5. The van der Waals surface area contributed by atoms with E-state index < -0.39 is 0 Å². The Labute approximate surface area is 169 Å². The Bertz CT molecular complexity index is 1380. The maximum atomic E-state index is 12.2. The van der Waals surface area contributed by atoms with Crippen LogP contribution in [0.15, 0.2) is 53.0 Å². The predicted molar refractivity (Wildman–Crippen MR) is 116 cm³/mol. The Morgan fingerprint density at radius 2 is 2.10 bits per heavy atom. The van der Waals surface area contributed by atoms with E-state index in [2.05, 4.69) is 61.6 Å². The lowest BCUT2D eigenvalue weighted by molar-refractivity contribution is 1.01. The van der Waals surface area contributed by atoms with E-state index in [4.69, 9.17) is 0 Å². The number of anilines is 1. The van der Waals surface area contributed by atoms with E-state index in [0.717, 1.165) is 22.3 Å². The average Bonchev–Trinajstić information content (AvgIpc) is 3.35. The standard InChI is InChI=1S/C21H18N6OS/c1-12-4-5-16-15(9-12)13(10-24-16)6-8-22-19-17-21(29-11-25-17)27-18(26-19)14-3-2-7-23-20(14)28/h2-5,7,9-11,24H,6,8H2,1H3,(H,23,28)(H,22,26,27). The number of H-pyrrole nitrogens is 2. The van der Waals surface area contributed by atoms with Crippen LogP contribution < -0.4 is 10.9 Å². The second-order valence-corrected chi connectivity index (χ2v) is 7.69. The largest absolute Gasteiger partial charge is 0.368 e. The molecule has 1 aromatic carbocycles. The van der Waals surface area contributed by atoms with Gasteiger partial charge in [-0.3, -0.25) is 4.79 Å². The Kier molecular flexibility index (Phi) is 4.33. The van der Waals surface area contributed by atoms with Gasteiger partial charge in [0.15, 0.2) is 11.6 Å². The van der Waals surface area contributed by atoms with E-state index in [-0.39, 0.29) is 5.56 Å². The third kappa shape index (κ3) is 3.27. The van der Waals surface area contributed by atoms with Gasteiger partial charge in [-0.15, -0.1) is 11.3 Å². The van der Waals surface area contributed by atoms with Crippen LogP contribution in [0.4, 0.5) is 5.82 Å². The summed E-state index contributed by atoms with van der Waals surface area (Å²) in [6.45, 7) is 2.79. The lowest BCUT2D eigenvalue weighted by Gasteiger charge is -2.08. The van der Waals surface area contributed by atoms with Crippen LogP contribution in [0, 0.1) is 6.92 Å². The van der Waals surface area contributed by atoms with Crippen molar-refractivity contribution in [1.82, 2.24) is 24.9 Å². The van der Waals surface area contributed by atoms with Gasteiger partial charge in [0.2, 0.25) is 0 Å². The van der Waals surface area contributed by atoms with E-state index in [1.807, 2.05) is 0 Å². The number of benzene rings is 1. The van der Waals surface area contributed by atoms with E-state index in [1.54, 1.807) is 23.8 Å². The number of hydrogen-bond donors (Lipinski definition) is 3. The topological polar surface area (TPSA) is 99.3 Å². The monoisotopic (exact) mass is 402 g/mol. The minimum Gasteiger partial charge on any atom is -0.368 e. The first kappa shape index (κ1) is 17.6. The van der Waals surface area contributed by atoms with Crippen LogP contribution in [0.25, 0.3) is 32.6 Å². The molecule has 5 aromatic rings. The zero-order valence-corrected chi connectivity index (χ0v) is 16.5. The van der Waals surface area contributed by atoms with Crippen LogP contribution in [0.5, 0.6) is 0 Å². The number of aryl methyl sites for hydroxylation is 1. The fourth-order valence-corrected chi connectivity index (χ4v) is 4.08. The maximum Gasteiger partial charge on any atom is 0.259 e. The summed E-state index contributed by atoms with van der Waals surface area (Å²) < 4.78 is 0. The molecule has 4 heterocycles. The van der Waals surface area contributed by atoms with Crippen molar-refractivity contribution in [2.75, 3.05) is 11.9 Å². The third-order valence-corrected chi connectivity index (χ3v) is 5.59. The molecule has 7 nitrogen and oxygen atoms in total. The summed E-state index contributed by atoms with van der Waals surface area (Å²) in [4.78, 5) is 32.4. The van der Waals surface area contributed by atoms with Crippen LogP contribution in [-0.4, -0.2) is 31.5 Å². The highest BCUT2D eigenvalue weighted by atomic mass is 32.1. The second kappa shape index (κ2) is 7.14. The first-order valence-corrected chi connectivity index (χ1v) is 10.2.